The molecule has 1 aromatic rings. The van der Waals surface area contributed by atoms with Gasteiger partial charge in [0.2, 0.25) is 0 Å². The summed E-state index contributed by atoms with van der Waals surface area (Å²) >= 11 is 1.88. The van der Waals surface area contributed by atoms with Crippen LogP contribution in [-0.4, -0.2) is 12.0 Å². The lowest BCUT2D eigenvalue weighted by Gasteiger charge is -2.02. The summed E-state index contributed by atoms with van der Waals surface area (Å²) in [6.07, 6.45) is 7.55. The molecule has 0 radical (unpaired) electrons. The number of hydrogen-bond donors (Lipinski definition) is 0. The van der Waals surface area contributed by atoms with Gasteiger partial charge in [-0.3, -0.25) is 4.79 Å². The van der Waals surface area contributed by atoms with Gasteiger partial charge in [0.05, 0.1) is 0 Å². The van der Waals surface area contributed by atoms with Crippen molar-refractivity contribution < 1.29 is 4.79 Å². The molecule has 0 atom stereocenters. The number of benzene rings is 1. The first-order chi connectivity index (χ1) is 7.86. The molecule has 0 saturated heterocycles. The van der Waals surface area contributed by atoms with E-state index >= 15 is 0 Å². The summed E-state index contributed by atoms with van der Waals surface area (Å²) in [5, 5.41) is 0. The number of thioether (sulfide) groups is 1. The molecule has 2 heteroatoms. The highest BCUT2D eigenvalue weighted by Crippen LogP contribution is 2.20. The smallest absolute Gasteiger partial charge is 0.150 e. The molecule has 1 rings (SSSR count). The zero-order valence-electron chi connectivity index (χ0n) is 9.95. The molecule has 0 amide bonds. The number of rotatable bonds is 8. The van der Waals surface area contributed by atoms with Crippen LogP contribution in [0.3, 0.4) is 0 Å². The third-order valence-corrected chi connectivity index (χ3v) is 3.63. The highest BCUT2D eigenvalue weighted by Gasteiger charge is 1.95. The molecule has 0 aromatic heterocycles. The average Bonchev–Trinajstić information content (AvgIpc) is 2.34. The molecule has 0 heterocycles. The molecule has 0 spiro atoms. The van der Waals surface area contributed by atoms with Crippen LogP contribution in [0, 0.1) is 0 Å². The minimum absolute atomic E-state index is 0.757. The van der Waals surface area contributed by atoms with Crippen molar-refractivity contribution in [1.29, 1.82) is 0 Å². The SMILES string of the molecule is CCCCCCCSc1ccc(C=O)cc1. The predicted octanol–water partition coefficient (Wildman–Crippen LogP) is 4.56. The van der Waals surface area contributed by atoms with E-state index in [1.54, 1.807) is 0 Å². The fourth-order valence-electron chi connectivity index (χ4n) is 1.54. The summed E-state index contributed by atoms with van der Waals surface area (Å²) in [6, 6.07) is 7.82. The zero-order valence-corrected chi connectivity index (χ0v) is 10.8. The van der Waals surface area contributed by atoms with Crippen LogP contribution in [0.15, 0.2) is 29.2 Å². The van der Waals surface area contributed by atoms with Gasteiger partial charge in [0, 0.05) is 10.5 Å². The normalized spacial score (nSPS) is 10.3. The van der Waals surface area contributed by atoms with E-state index in [0.29, 0.717) is 0 Å². The molecule has 0 saturated carbocycles. The molecule has 0 fully saturated rings. The lowest BCUT2D eigenvalue weighted by Crippen LogP contribution is -1.83. The Morgan fingerprint density at radius 2 is 1.75 bits per heavy atom. The Morgan fingerprint density at radius 1 is 1.06 bits per heavy atom. The minimum Gasteiger partial charge on any atom is -0.298 e. The minimum atomic E-state index is 0.757. The zero-order chi connectivity index (χ0) is 11.6. The third-order valence-electron chi connectivity index (χ3n) is 2.53. The lowest BCUT2D eigenvalue weighted by atomic mass is 10.2. The Balaban J connectivity index is 2.14. The highest BCUT2D eigenvalue weighted by atomic mass is 32.2. The monoisotopic (exact) mass is 236 g/mol. The Morgan fingerprint density at radius 3 is 2.38 bits per heavy atom. The summed E-state index contributed by atoms with van der Waals surface area (Å²) in [7, 11) is 0. The molecule has 0 aliphatic heterocycles. The second-order valence-electron chi connectivity index (χ2n) is 3.95. The fourth-order valence-corrected chi connectivity index (χ4v) is 2.45. The second-order valence-corrected chi connectivity index (χ2v) is 5.12. The fraction of sp³-hybridized carbons (Fsp3) is 0.500. The van der Waals surface area contributed by atoms with E-state index < -0.39 is 0 Å². The van der Waals surface area contributed by atoms with Gasteiger partial charge < -0.3 is 0 Å². The molecule has 0 bridgehead atoms. The maximum atomic E-state index is 10.5. The van der Waals surface area contributed by atoms with Crippen LogP contribution in [0.25, 0.3) is 0 Å². The number of hydrogen-bond acceptors (Lipinski definition) is 2. The van der Waals surface area contributed by atoms with E-state index in [1.807, 2.05) is 36.0 Å². The van der Waals surface area contributed by atoms with Gasteiger partial charge in [0.25, 0.3) is 0 Å². The Labute approximate surface area is 103 Å². The van der Waals surface area contributed by atoms with Crippen molar-refractivity contribution in [3.63, 3.8) is 0 Å². The van der Waals surface area contributed by atoms with Gasteiger partial charge in [0.1, 0.15) is 6.29 Å². The maximum Gasteiger partial charge on any atom is 0.150 e. The van der Waals surface area contributed by atoms with Crippen molar-refractivity contribution in [2.75, 3.05) is 5.75 Å². The Kier molecular flexibility index (Phi) is 6.98. The van der Waals surface area contributed by atoms with Crippen LogP contribution in [0.1, 0.15) is 49.4 Å². The summed E-state index contributed by atoms with van der Waals surface area (Å²) in [5.74, 6) is 1.18. The van der Waals surface area contributed by atoms with Crippen molar-refractivity contribution in [1.82, 2.24) is 0 Å². The molecule has 0 aliphatic carbocycles. The number of carbonyl (C=O) groups is 1. The Bertz CT molecular complexity index is 292. The molecule has 88 valence electrons. The van der Waals surface area contributed by atoms with Crippen LogP contribution in [0.2, 0.25) is 0 Å². The summed E-state index contributed by atoms with van der Waals surface area (Å²) in [4.78, 5) is 11.7. The average molecular weight is 236 g/mol. The molecular weight excluding hydrogens is 216 g/mol. The number of unbranched alkanes of at least 4 members (excludes halogenated alkanes) is 4. The molecule has 16 heavy (non-hydrogen) atoms. The second kappa shape index (κ2) is 8.40. The van der Waals surface area contributed by atoms with Gasteiger partial charge in [-0.2, -0.15) is 0 Å². The molecule has 0 aliphatic rings. The van der Waals surface area contributed by atoms with E-state index in [0.717, 1.165) is 11.8 Å². The van der Waals surface area contributed by atoms with Crippen molar-refractivity contribution in [3.8, 4) is 0 Å². The summed E-state index contributed by atoms with van der Waals surface area (Å²) < 4.78 is 0. The van der Waals surface area contributed by atoms with Gasteiger partial charge in [-0.25, -0.2) is 0 Å². The van der Waals surface area contributed by atoms with Gasteiger partial charge in [-0.05, 0) is 24.3 Å². The van der Waals surface area contributed by atoms with Crippen molar-refractivity contribution in [2.45, 2.75) is 43.9 Å². The van der Waals surface area contributed by atoms with Crippen molar-refractivity contribution >= 4 is 18.0 Å². The first-order valence-corrected chi connectivity index (χ1v) is 7.03. The predicted molar refractivity (Wildman–Crippen MR) is 71.3 cm³/mol. The summed E-state index contributed by atoms with van der Waals surface area (Å²) in [6.45, 7) is 2.24. The van der Waals surface area contributed by atoms with Crippen molar-refractivity contribution in [2.24, 2.45) is 0 Å². The van der Waals surface area contributed by atoms with E-state index in [2.05, 4.69) is 6.92 Å². The molecular formula is C14H20OS. The van der Waals surface area contributed by atoms with Gasteiger partial charge >= 0.3 is 0 Å². The standard InChI is InChI=1S/C14H20OS/c1-2-3-4-5-6-11-16-14-9-7-13(12-15)8-10-14/h7-10,12H,2-6,11H2,1H3. The molecule has 0 N–H and O–H groups in total. The van der Waals surface area contributed by atoms with Gasteiger partial charge in [-0.15, -0.1) is 11.8 Å². The first kappa shape index (κ1) is 13.3. The summed E-state index contributed by atoms with van der Waals surface area (Å²) in [5.41, 5.74) is 0.757. The number of carbonyl (C=O) groups excluding carboxylic acids is 1. The van der Waals surface area contributed by atoms with Crippen LogP contribution in [-0.2, 0) is 0 Å². The van der Waals surface area contributed by atoms with E-state index in [-0.39, 0.29) is 0 Å². The molecule has 0 unspecified atom stereocenters. The molecule has 1 nitrogen and oxygen atoms in total. The maximum absolute atomic E-state index is 10.5. The highest BCUT2D eigenvalue weighted by molar-refractivity contribution is 7.99. The third kappa shape index (κ3) is 5.36. The largest absolute Gasteiger partial charge is 0.298 e. The van der Waals surface area contributed by atoms with Gasteiger partial charge in [-0.1, -0.05) is 44.7 Å². The van der Waals surface area contributed by atoms with Crippen LogP contribution < -0.4 is 0 Å². The van der Waals surface area contributed by atoms with Crippen LogP contribution in [0.5, 0.6) is 0 Å². The molecule has 1 aromatic carbocycles. The lowest BCUT2D eigenvalue weighted by molar-refractivity contribution is 0.112. The van der Waals surface area contributed by atoms with E-state index in [9.17, 15) is 4.79 Å². The van der Waals surface area contributed by atoms with Crippen LogP contribution >= 0.6 is 11.8 Å². The van der Waals surface area contributed by atoms with E-state index in [1.165, 1.54) is 42.8 Å². The van der Waals surface area contributed by atoms with E-state index in [4.69, 9.17) is 0 Å². The first-order valence-electron chi connectivity index (χ1n) is 6.05. The van der Waals surface area contributed by atoms with Crippen molar-refractivity contribution in [3.05, 3.63) is 29.8 Å². The van der Waals surface area contributed by atoms with Gasteiger partial charge in [0.15, 0.2) is 0 Å². The van der Waals surface area contributed by atoms with Crippen LogP contribution in [0.4, 0.5) is 0 Å². The number of aldehydes is 1. The Hall–Kier alpha value is -0.760. The quantitative estimate of drug-likeness (QED) is 0.374. The topological polar surface area (TPSA) is 17.1 Å².